The zero-order chi connectivity index (χ0) is 21.7. The fourth-order valence-corrected chi connectivity index (χ4v) is 9.08. The Morgan fingerprint density at radius 2 is 1.70 bits per heavy atom. The average Bonchev–Trinajstić information content (AvgIpc) is 3.06. The van der Waals surface area contributed by atoms with Crippen LogP contribution in [0.25, 0.3) is 0 Å². The first kappa shape index (κ1) is 22.8. The van der Waals surface area contributed by atoms with Crippen molar-refractivity contribution in [3.63, 3.8) is 0 Å². The molecular weight excluding hydrogens is 372 g/mol. The van der Waals surface area contributed by atoms with Gasteiger partial charge in [0, 0.05) is 18.9 Å². The van der Waals surface area contributed by atoms with Gasteiger partial charge in [-0.25, -0.2) is 0 Å². The van der Waals surface area contributed by atoms with E-state index in [-0.39, 0.29) is 17.4 Å². The van der Waals surface area contributed by atoms with Gasteiger partial charge in [0.2, 0.25) is 0 Å². The maximum Gasteiger partial charge on any atom is 0.136 e. The van der Waals surface area contributed by atoms with Gasteiger partial charge in [0.15, 0.2) is 0 Å². The molecule has 0 aromatic rings. The Morgan fingerprint density at radius 1 is 1.00 bits per heavy atom. The summed E-state index contributed by atoms with van der Waals surface area (Å²) in [5.41, 5.74) is 0.533. The van der Waals surface area contributed by atoms with Gasteiger partial charge in [0.05, 0.1) is 6.10 Å². The molecule has 0 amide bonds. The van der Waals surface area contributed by atoms with Crippen LogP contribution in [0.4, 0.5) is 0 Å². The molecule has 30 heavy (non-hydrogen) atoms. The quantitative estimate of drug-likeness (QED) is 0.588. The first-order chi connectivity index (χ1) is 14.2. The van der Waals surface area contributed by atoms with Crippen molar-refractivity contribution < 1.29 is 15.0 Å². The number of ketones is 1. The number of aliphatic hydroxyl groups is 2. The summed E-state index contributed by atoms with van der Waals surface area (Å²) in [5, 5.41) is 19.5. The molecule has 4 fully saturated rings. The first-order valence-electron chi connectivity index (χ1n) is 13.0. The Balaban J connectivity index is 1.47. The van der Waals surface area contributed by atoms with E-state index in [0.29, 0.717) is 47.9 Å². The van der Waals surface area contributed by atoms with E-state index in [2.05, 4.69) is 27.7 Å². The van der Waals surface area contributed by atoms with Crippen LogP contribution in [0.1, 0.15) is 98.3 Å². The summed E-state index contributed by atoms with van der Waals surface area (Å²) in [7, 11) is 0. The van der Waals surface area contributed by atoms with Gasteiger partial charge in [-0.1, -0.05) is 40.5 Å². The van der Waals surface area contributed by atoms with Crippen molar-refractivity contribution in [3.05, 3.63) is 0 Å². The Labute approximate surface area is 184 Å². The summed E-state index contributed by atoms with van der Waals surface area (Å²) >= 11 is 0. The van der Waals surface area contributed by atoms with Crippen molar-refractivity contribution in [3.8, 4) is 0 Å². The molecule has 0 aromatic heterocycles. The molecule has 2 N–H and O–H groups in total. The van der Waals surface area contributed by atoms with Crippen LogP contribution in [0, 0.1) is 52.3 Å². The smallest absolute Gasteiger partial charge is 0.136 e. The minimum Gasteiger partial charge on any atom is -0.396 e. The number of carbonyl (C=O) groups is 1. The minimum absolute atomic E-state index is 0.108. The highest BCUT2D eigenvalue weighted by atomic mass is 16.3. The largest absolute Gasteiger partial charge is 0.396 e. The second-order valence-corrected chi connectivity index (χ2v) is 12.5. The highest BCUT2D eigenvalue weighted by Crippen LogP contribution is 2.67. The molecule has 4 aliphatic rings. The van der Waals surface area contributed by atoms with Crippen LogP contribution in [0.3, 0.4) is 0 Å². The Hall–Kier alpha value is -0.410. The second-order valence-electron chi connectivity index (χ2n) is 12.5. The molecule has 4 aliphatic carbocycles. The van der Waals surface area contributed by atoms with Crippen LogP contribution in [-0.4, -0.2) is 28.7 Å². The van der Waals surface area contributed by atoms with Crippen molar-refractivity contribution >= 4 is 5.78 Å². The maximum absolute atomic E-state index is 13.2. The van der Waals surface area contributed by atoms with Crippen molar-refractivity contribution in [2.45, 2.75) is 104 Å². The fourth-order valence-electron chi connectivity index (χ4n) is 9.08. The lowest BCUT2D eigenvalue weighted by Gasteiger charge is -2.60. The second kappa shape index (κ2) is 8.50. The molecule has 4 rings (SSSR count). The third kappa shape index (κ3) is 3.70. The molecule has 0 heterocycles. The van der Waals surface area contributed by atoms with Gasteiger partial charge in [0.25, 0.3) is 0 Å². The van der Waals surface area contributed by atoms with Crippen molar-refractivity contribution in [2.75, 3.05) is 6.61 Å². The van der Waals surface area contributed by atoms with Gasteiger partial charge in [-0.05, 0) is 97.7 Å². The summed E-state index contributed by atoms with van der Waals surface area (Å²) in [5.74, 6) is 4.53. The van der Waals surface area contributed by atoms with E-state index in [9.17, 15) is 15.0 Å². The molecule has 0 radical (unpaired) electrons. The molecule has 3 nitrogen and oxygen atoms in total. The van der Waals surface area contributed by atoms with Crippen LogP contribution in [0.15, 0.2) is 0 Å². The minimum atomic E-state index is -0.261. The lowest BCUT2D eigenvalue weighted by atomic mass is 9.44. The molecule has 0 spiro atoms. The summed E-state index contributed by atoms with van der Waals surface area (Å²) < 4.78 is 0. The van der Waals surface area contributed by atoms with E-state index in [0.717, 1.165) is 37.5 Å². The topological polar surface area (TPSA) is 57.5 Å². The predicted molar refractivity (Wildman–Crippen MR) is 121 cm³/mol. The van der Waals surface area contributed by atoms with E-state index >= 15 is 0 Å². The number of rotatable bonds is 6. The Morgan fingerprint density at radius 3 is 2.43 bits per heavy atom. The molecule has 0 saturated heterocycles. The highest BCUT2D eigenvalue weighted by molar-refractivity contribution is 5.83. The third-order valence-electron chi connectivity index (χ3n) is 10.9. The number of hydrogen-bond donors (Lipinski definition) is 2. The lowest BCUT2D eigenvalue weighted by molar-refractivity contribution is -0.160. The molecular formula is C27H46O3. The molecule has 172 valence electrons. The molecule has 3 heteroatoms. The van der Waals surface area contributed by atoms with Crippen LogP contribution in [0.2, 0.25) is 0 Å². The molecule has 0 aliphatic heterocycles. The van der Waals surface area contributed by atoms with Gasteiger partial charge < -0.3 is 10.2 Å². The number of aliphatic hydroxyl groups excluding tert-OH is 2. The zero-order valence-electron chi connectivity index (χ0n) is 19.9. The number of fused-ring (bicyclic) bond motifs is 5. The summed E-state index contributed by atoms with van der Waals surface area (Å²) in [4.78, 5) is 13.2. The first-order valence-corrected chi connectivity index (χ1v) is 13.0. The molecule has 10 atom stereocenters. The maximum atomic E-state index is 13.2. The number of hydrogen-bond acceptors (Lipinski definition) is 3. The van der Waals surface area contributed by atoms with Gasteiger partial charge in [-0.2, -0.15) is 0 Å². The number of carbonyl (C=O) groups excluding carboxylic acids is 1. The molecule has 0 aromatic carbocycles. The fraction of sp³-hybridized carbons (Fsp3) is 0.963. The Bertz CT molecular complexity index is 632. The molecule has 0 unspecified atom stereocenters. The van der Waals surface area contributed by atoms with E-state index in [4.69, 9.17) is 0 Å². The van der Waals surface area contributed by atoms with Crippen molar-refractivity contribution in [1.82, 2.24) is 0 Å². The van der Waals surface area contributed by atoms with Gasteiger partial charge >= 0.3 is 0 Å². The average molecular weight is 419 g/mol. The zero-order valence-corrected chi connectivity index (χ0v) is 19.9. The van der Waals surface area contributed by atoms with E-state index in [1.54, 1.807) is 0 Å². The van der Waals surface area contributed by atoms with Crippen LogP contribution < -0.4 is 0 Å². The SMILES string of the molecule is C[C@@H](CO)CCC[C@@H](C)[C@H]1CC[C@H]2[C@@H]3CC(=O)[C@H]4C[C@@H](O)CC[C@]4(C)[C@H]3CC[C@]12C. The van der Waals surface area contributed by atoms with E-state index in [1.807, 2.05) is 0 Å². The number of Topliss-reactive ketones (excluding diaryl/α,β-unsaturated/α-hetero) is 1. The van der Waals surface area contributed by atoms with E-state index < -0.39 is 0 Å². The monoisotopic (exact) mass is 418 g/mol. The molecule has 4 saturated carbocycles. The summed E-state index contributed by atoms with van der Waals surface area (Å²) in [6.07, 6.45) is 12.1. The predicted octanol–water partition coefficient (Wildman–Crippen LogP) is 5.62. The van der Waals surface area contributed by atoms with Crippen molar-refractivity contribution in [1.29, 1.82) is 0 Å². The summed E-state index contributed by atoms with van der Waals surface area (Å²) in [6, 6.07) is 0. The van der Waals surface area contributed by atoms with Crippen LogP contribution in [-0.2, 0) is 4.79 Å². The standard InChI is InChI=1S/C27H46O3/c1-17(16-28)6-5-7-18(2)21-8-9-22-20-15-25(30)24-14-19(29)10-12-27(24,4)23(20)11-13-26(21,22)3/h17-24,28-29H,5-16H2,1-4H3/t17-,18-,19+,20+,21-,22+,23+,24-,26-,27-/m1/s1. The highest BCUT2D eigenvalue weighted by Gasteiger charge is 2.62. The Kier molecular flexibility index (Phi) is 6.45. The lowest BCUT2D eigenvalue weighted by Crippen LogP contribution is -2.57. The molecule has 0 bridgehead atoms. The van der Waals surface area contributed by atoms with Crippen LogP contribution >= 0.6 is 0 Å². The van der Waals surface area contributed by atoms with Crippen LogP contribution in [0.5, 0.6) is 0 Å². The van der Waals surface area contributed by atoms with Crippen molar-refractivity contribution in [2.24, 2.45) is 52.3 Å². The van der Waals surface area contributed by atoms with E-state index in [1.165, 1.54) is 38.5 Å². The van der Waals surface area contributed by atoms with Gasteiger partial charge in [-0.15, -0.1) is 0 Å². The third-order valence-corrected chi connectivity index (χ3v) is 10.9. The van der Waals surface area contributed by atoms with Gasteiger partial charge in [-0.3, -0.25) is 4.79 Å². The summed E-state index contributed by atoms with van der Waals surface area (Å²) in [6.45, 7) is 9.91. The normalized spacial score (nSPS) is 47.9. The van der Waals surface area contributed by atoms with Gasteiger partial charge in [0.1, 0.15) is 5.78 Å².